The predicted molar refractivity (Wildman–Crippen MR) is 98.0 cm³/mol. The van der Waals surface area contributed by atoms with Crippen LogP contribution in [0.15, 0.2) is 47.1 Å². The Morgan fingerprint density at radius 3 is 2.92 bits per heavy atom. The average molecular weight is 366 g/mol. The Hall–Kier alpha value is -2.84. The van der Waals surface area contributed by atoms with Crippen molar-refractivity contribution in [1.82, 2.24) is 4.98 Å². The fourth-order valence-corrected chi connectivity index (χ4v) is 3.89. The molecular weight excluding hydrogens is 350 g/mol. The summed E-state index contributed by atoms with van der Waals surface area (Å²) in [7, 11) is 0. The van der Waals surface area contributed by atoms with Crippen molar-refractivity contribution in [2.45, 2.75) is 32.1 Å². The number of aryl methyl sites for hydroxylation is 1. The van der Waals surface area contributed by atoms with Gasteiger partial charge in [-0.15, -0.1) is 0 Å². The first-order valence-corrected chi connectivity index (χ1v) is 8.78. The van der Waals surface area contributed by atoms with Gasteiger partial charge >= 0.3 is 0 Å². The average Bonchev–Trinajstić information content (AvgIpc) is 2.60. The van der Waals surface area contributed by atoms with E-state index in [-0.39, 0.29) is 22.4 Å². The maximum absolute atomic E-state index is 12.6. The summed E-state index contributed by atoms with van der Waals surface area (Å²) in [5.74, 6) is -0.0901. The molecule has 0 bridgehead atoms. The highest BCUT2D eigenvalue weighted by molar-refractivity contribution is 6.30. The van der Waals surface area contributed by atoms with Crippen LogP contribution in [0, 0.1) is 18.3 Å². The molecule has 2 heterocycles. The fourth-order valence-electron chi connectivity index (χ4n) is 3.64. The summed E-state index contributed by atoms with van der Waals surface area (Å²) in [6, 6.07) is 9.86. The number of fused-ring (bicyclic) bond motifs is 1. The number of pyridine rings is 1. The van der Waals surface area contributed by atoms with Gasteiger partial charge in [-0.25, -0.2) is 4.98 Å². The number of allylic oxidation sites excluding steroid dienone is 3. The second kappa shape index (κ2) is 6.15. The number of aromatic nitrogens is 1. The van der Waals surface area contributed by atoms with Gasteiger partial charge in [-0.3, -0.25) is 4.79 Å². The summed E-state index contributed by atoms with van der Waals surface area (Å²) in [4.78, 5) is 17.1. The van der Waals surface area contributed by atoms with Crippen LogP contribution in [-0.4, -0.2) is 10.8 Å². The van der Waals surface area contributed by atoms with E-state index in [9.17, 15) is 10.1 Å². The minimum absolute atomic E-state index is 0.0310. The maximum atomic E-state index is 12.6. The first kappa shape index (κ1) is 16.6. The van der Waals surface area contributed by atoms with E-state index in [4.69, 9.17) is 22.1 Å². The molecule has 0 saturated carbocycles. The number of nitrogens with zero attached hydrogens (tertiary/aromatic N) is 2. The molecule has 1 aliphatic heterocycles. The minimum Gasteiger partial charge on any atom is -0.444 e. The van der Waals surface area contributed by atoms with Crippen LogP contribution in [0.25, 0.3) is 10.9 Å². The third-order valence-electron chi connectivity index (χ3n) is 4.87. The Morgan fingerprint density at radius 2 is 2.15 bits per heavy atom. The Labute approximate surface area is 155 Å². The molecule has 6 heteroatoms. The number of carbonyl (C=O) groups excluding carboxylic acids is 1. The predicted octanol–water partition coefficient (Wildman–Crippen LogP) is 4.01. The van der Waals surface area contributed by atoms with Crippen LogP contribution in [0.3, 0.4) is 0 Å². The second-order valence-corrected chi connectivity index (χ2v) is 6.96. The normalized spacial score (nSPS) is 20.0. The van der Waals surface area contributed by atoms with E-state index < -0.39 is 5.92 Å². The van der Waals surface area contributed by atoms with Gasteiger partial charge in [0.2, 0.25) is 5.88 Å². The molecule has 0 spiro atoms. The van der Waals surface area contributed by atoms with Crippen molar-refractivity contribution in [3.05, 3.63) is 63.3 Å². The molecule has 1 atom stereocenters. The first-order chi connectivity index (χ1) is 12.5. The summed E-state index contributed by atoms with van der Waals surface area (Å²) >= 11 is 6.48. The number of rotatable bonds is 1. The summed E-state index contributed by atoms with van der Waals surface area (Å²) in [6.07, 6.45) is 1.76. The lowest BCUT2D eigenvalue weighted by molar-refractivity contribution is -0.116. The summed E-state index contributed by atoms with van der Waals surface area (Å²) in [6.45, 7) is 1.98. The fraction of sp³-hybridized carbons (Fsp3) is 0.250. The van der Waals surface area contributed by atoms with Crippen LogP contribution in [0.4, 0.5) is 0 Å². The molecule has 1 aliphatic carbocycles. The SMILES string of the molecule is Cc1ccc2cc([C@H]3C(C#N)=C(N)OC4=C3C(=O)CCC4)c(Cl)nc2c1. The van der Waals surface area contributed by atoms with Gasteiger partial charge < -0.3 is 10.5 Å². The van der Waals surface area contributed by atoms with Gasteiger partial charge in [-0.1, -0.05) is 23.7 Å². The summed E-state index contributed by atoms with van der Waals surface area (Å²) in [5.41, 5.74) is 9.12. The first-order valence-electron chi connectivity index (χ1n) is 8.40. The van der Waals surface area contributed by atoms with Crippen LogP contribution >= 0.6 is 11.6 Å². The Balaban J connectivity index is 1.97. The van der Waals surface area contributed by atoms with Gasteiger partial charge in [0.25, 0.3) is 0 Å². The van der Waals surface area contributed by atoms with Gasteiger partial charge in [-0.05, 0) is 31.0 Å². The van der Waals surface area contributed by atoms with Gasteiger partial charge in [0.15, 0.2) is 5.78 Å². The molecule has 2 aromatic rings. The standard InChI is InChI=1S/C20H16ClN3O2/c1-10-5-6-11-8-12(19(21)24-14(11)7-10)17-13(9-22)20(23)26-16-4-2-3-15(25)18(16)17/h5-8,17H,2-4,23H2,1H3/t17-/m0/s1. The Bertz CT molecular complexity index is 1060. The third kappa shape index (κ3) is 2.54. The molecule has 5 nitrogen and oxygen atoms in total. The number of hydrogen-bond acceptors (Lipinski definition) is 5. The number of ketones is 1. The highest BCUT2D eigenvalue weighted by Crippen LogP contribution is 2.45. The molecule has 4 rings (SSSR count). The van der Waals surface area contributed by atoms with Crippen molar-refractivity contribution in [2.24, 2.45) is 5.73 Å². The van der Waals surface area contributed by atoms with E-state index >= 15 is 0 Å². The highest BCUT2D eigenvalue weighted by Gasteiger charge is 2.39. The molecule has 1 aromatic carbocycles. The Morgan fingerprint density at radius 1 is 1.35 bits per heavy atom. The summed E-state index contributed by atoms with van der Waals surface area (Å²) in [5, 5.41) is 10.8. The lowest BCUT2D eigenvalue weighted by atomic mass is 9.78. The molecular formula is C20H16ClN3O2. The maximum Gasteiger partial charge on any atom is 0.205 e. The number of Topliss-reactive ketones (excluding diaryl/α,β-unsaturated/α-hetero) is 1. The lowest BCUT2D eigenvalue weighted by Gasteiger charge is -2.31. The van der Waals surface area contributed by atoms with Crippen molar-refractivity contribution in [3.8, 4) is 6.07 Å². The molecule has 0 saturated heterocycles. The topological polar surface area (TPSA) is 89.0 Å². The third-order valence-corrected chi connectivity index (χ3v) is 5.17. The van der Waals surface area contributed by atoms with E-state index in [1.165, 1.54) is 0 Å². The van der Waals surface area contributed by atoms with Gasteiger partial charge in [0, 0.05) is 29.4 Å². The number of benzene rings is 1. The number of nitriles is 1. The monoisotopic (exact) mass is 365 g/mol. The molecule has 0 amide bonds. The van der Waals surface area contributed by atoms with Crippen LogP contribution in [0.1, 0.15) is 36.3 Å². The van der Waals surface area contributed by atoms with E-state index in [0.29, 0.717) is 36.2 Å². The molecule has 130 valence electrons. The zero-order valence-corrected chi connectivity index (χ0v) is 14.9. The lowest BCUT2D eigenvalue weighted by Crippen LogP contribution is -2.27. The van der Waals surface area contributed by atoms with Crippen LogP contribution in [0.2, 0.25) is 5.15 Å². The van der Waals surface area contributed by atoms with Crippen molar-refractivity contribution in [2.75, 3.05) is 0 Å². The molecule has 0 unspecified atom stereocenters. The van der Waals surface area contributed by atoms with Crippen LogP contribution < -0.4 is 5.73 Å². The molecule has 0 radical (unpaired) electrons. The number of nitrogens with two attached hydrogens (primary N) is 1. The van der Waals surface area contributed by atoms with Crippen molar-refractivity contribution >= 4 is 28.3 Å². The smallest absolute Gasteiger partial charge is 0.205 e. The van der Waals surface area contributed by atoms with Gasteiger partial charge in [0.05, 0.1) is 11.4 Å². The van der Waals surface area contributed by atoms with Gasteiger partial charge in [-0.2, -0.15) is 5.26 Å². The van der Waals surface area contributed by atoms with E-state index in [1.54, 1.807) is 0 Å². The number of carbonyl (C=O) groups is 1. The van der Waals surface area contributed by atoms with Crippen molar-refractivity contribution < 1.29 is 9.53 Å². The summed E-state index contributed by atoms with van der Waals surface area (Å²) < 4.78 is 5.59. The second-order valence-electron chi connectivity index (χ2n) is 6.60. The number of hydrogen-bond donors (Lipinski definition) is 1. The zero-order valence-electron chi connectivity index (χ0n) is 14.2. The van der Waals surface area contributed by atoms with Crippen LogP contribution in [-0.2, 0) is 9.53 Å². The van der Waals surface area contributed by atoms with E-state index in [2.05, 4.69) is 11.1 Å². The number of ether oxygens (including phenoxy) is 1. The van der Waals surface area contributed by atoms with E-state index in [0.717, 1.165) is 16.5 Å². The molecule has 2 N–H and O–H groups in total. The molecule has 0 fully saturated rings. The highest BCUT2D eigenvalue weighted by atomic mass is 35.5. The minimum atomic E-state index is -0.637. The molecule has 2 aliphatic rings. The van der Waals surface area contributed by atoms with Crippen molar-refractivity contribution in [1.29, 1.82) is 5.26 Å². The zero-order chi connectivity index (χ0) is 18.4. The van der Waals surface area contributed by atoms with Gasteiger partial charge in [0.1, 0.15) is 22.6 Å². The van der Waals surface area contributed by atoms with E-state index in [1.807, 2.05) is 31.2 Å². The quantitative estimate of drug-likeness (QED) is 0.771. The largest absolute Gasteiger partial charge is 0.444 e. The molecule has 26 heavy (non-hydrogen) atoms. The Kier molecular flexibility index (Phi) is 3.93. The van der Waals surface area contributed by atoms with Crippen molar-refractivity contribution in [3.63, 3.8) is 0 Å². The number of halogens is 1. The molecule has 1 aromatic heterocycles. The van der Waals surface area contributed by atoms with Crippen LogP contribution in [0.5, 0.6) is 0 Å².